The molecule has 0 bridgehead atoms. The average molecular weight is 369 g/mol. The number of rotatable bonds is 6. The van der Waals surface area contributed by atoms with Gasteiger partial charge in [0.05, 0.1) is 18.7 Å². The first-order valence-corrected chi connectivity index (χ1v) is 8.69. The Kier molecular flexibility index (Phi) is 6.86. The van der Waals surface area contributed by atoms with E-state index in [0.717, 1.165) is 36.0 Å². The Morgan fingerprint density at radius 1 is 1.41 bits per heavy atom. The van der Waals surface area contributed by atoms with Gasteiger partial charge in [-0.05, 0) is 50.9 Å². The van der Waals surface area contributed by atoms with Crippen molar-refractivity contribution < 1.29 is 9.53 Å². The highest BCUT2D eigenvalue weighted by Gasteiger charge is 2.18. The second kappa shape index (κ2) is 8.65. The average Bonchev–Trinajstić information content (AvgIpc) is 2.48. The second-order valence-electron chi connectivity index (χ2n) is 6.03. The summed E-state index contributed by atoms with van der Waals surface area (Å²) in [5, 5.41) is 3.05. The zero-order chi connectivity index (χ0) is 15.9. The quantitative estimate of drug-likeness (QED) is 0.838. The largest absolute Gasteiger partial charge is 0.377 e. The van der Waals surface area contributed by atoms with Crippen LogP contribution in [0.4, 0.5) is 0 Å². The van der Waals surface area contributed by atoms with Crippen molar-refractivity contribution in [1.29, 1.82) is 0 Å². The van der Waals surface area contributed by atoms with Gasteiger partial charge in [0.1, 0.15) is 0 Å². The summed E-state index contributed by atoms with van der Waals surface area (Å²) in [5.41, 5.74) is 1.11. The molecule has 2 rings (SSSR count). The minimum atomic E-state index is 0.0138. The molecule has 5 heteroatoms. The molecule has 1 N–H and O–H groups in total. The molecular formula is C17H25BrN2O2. The Morgan fingerprint density at radius 2 is 2.14 bits per heavy atom. The highest BCUT2D eigenvalue weighted by Crippen LogP contribution is 2.16. The van der Waals surface area contributed by atoms with Crippen molar-refractivity contribution in [1.82, 2.24) is 10.2 Å². The molecule has 1 fully saturated rings. The number of hydrogen-bond donors (Lipinski definition) is 1. The van der Waals surface area contributed by atoms with Gasteiger partial charge in [0.15, 0.2) is 0 Å². The van der Waals surface area contributed by atoms with Gasteiger partial charge in [-0.2, -0.15) is 0 Å². The van der Waals surface area contributed by atoms with Gasteiger partial charge in [0.25, 0.3) is 0 Å². The van der Waals surface area contributed by atoms with Crippen molar-refractivity contribution >= 4 is 21.8 Å². The molecule has 1 aromatic rings. The van der Waals surface area contributed by atoms with E-state index in [0.29, 0.717) is 6.54 Å². The highest BCUT2D eigenvalue weighted by molar-refractivity contribution is 9.10. The number of hydrogen-bond acceptors (Lipinski definition) is 3. The van der Waals surface area contributed by atoms with Crippen molar-refractivity contribution in [3.63, 3.8) is 0 Å². The van der Waals surface area contributed by atoms with E-state index in [1.54, 1.807) is 0 Å². The predicted molar refractivity (Wildman–Crippen MR) is 91.8 cm³/mol. The van der Waals surface area contributed by atoms with Gasteiger partial charge in [-0.1, -0.05) is 28.1 Å². The molecule has 1 saturated heterocycles. The lowest BCUT2D eigenvalue weighted by Gasteiger charge is -2.27. The number of halogens is 1. The number of carbonyl (C=O) groups excluding carboxylic acids is 1. The molecule has 0 radical (unpaired) electrons. The molecule has 1 aromatic carbocycles. The fourth-order valence-electron chi connectivity index (χ4n) is 2.73. The lowest BCUT2D eigenvalue weighted by molar-refractivity contribution is -0.123. The number of ether oxygens (including phenoxy) is 1. The van der Waals surface area contributed by atoms with Crippen LogP contribution in [0.1, 0.15) is 37.8 Å². The van der Waals surface area contributed by atoms with Crippen molar-refractivity contribution in [2.24, 2.45) is 0 Å². The first-order chi connectivity index (χ1) is 10.5. The molecular weight excluding hydrogens is 344 g/mol. The van der Waals surface area contributed by atoms with E-state index >= 15 is 0 Å². The maximum atomic E-state index is 12.1. The van der Waals surface area contributed by atoms with Crippen LogP contribution in [0.2, 0.25) is 0 Å². The summed E-state index contributed by atoms with van der Waals surface area (Å²) in [5.74, 6) is 0.0497. The van der Waals surface area contributed by atoms with Crippen molar-refractivity contribution in [3.05, 3.63) is 34.3 Å². The molecule has 22 heavy (non-hydrogen) atoms. The van der Waals surface area contributed by atoms with Crippen LogP contribution in [0.5, 0.6) is 0 Å². The molecule has 2 atom stereocenters. The van der Waals surface area contributed by atoms with Gasteiger partial charge in [0, 0.05) is 17.6 Å². The zero-order valence-electron chi connectivity index (χ0n) is 13.3. The Morgan fingerprint density at radius 3 is 2.77 bits per heavy atom. The van der Waals surface area contributed by atoms with Gasteiger partial charge in [-0.3, -0.25) is 9.69 Å². The van der Waals surface area contributed by atoms with Crippen LogP contribution in [-0.4, -0.2) is 43.7 Å². The smallest absolute Gasteiger partial charge is 0.234 e. The van der Waals surface area contributed by atoms with Crippen LogP contribution in [0.25, 0.3) is 0 Å². The topological polar surface area (TPSA) is 41.6 Å². The van der Waals surface area contributed by atoms with Crippen LogP contribution in [-0.2, 0) is 9.53 Å². The Balaban J connectivity index is 1.75. The fourth-order valence-corrected chi connectivity index (χ4v) is 2.99. The van der Waals surface area contributed by atoms with E-state index in [1.165, 1.54) is 6.42 Å². The fraction of sp³-hybridized carbons (Fsp3) is 0.588. The summed E-state index contributed by atoms with van der Waals surface area (Å²) in [6, 6.07) is 8.04. The van der Waals surface area contributed by atoms with Crippen LogP contribution in [0, 0.1) is 0 Å². The summed E-state index contributed by atoms with van der Waals surface area (Å²) in [6.45, 7) is 4.08. The molecule has 1 aliphatic heterocycles. The molecule has 0 aromatic heterocycles. The lowest BCUT2D eigenvalue weighted by Crippen LogP contribution is -2.40. The minimum Gasteiger partial charge on any atom is -0.377 e. The van der Waals surface area contributed by atoms with E-state index in [-0.39, 0.29) is 18.1 Å². The molecule has 2 unspecified atom stereocenters. The monoisotopic (exact) mass is 368 g/mol. The van der Waals surface area contributed by atoms with E-state index in [2.05, 4.69) is 21.2 Å². The van der Waals surface area contributed by atoms with Crippen molar-refractivity contribution in [2.75, 3.05) is 26.7 Å². The first-order valence-electron chi connectivity index (χ1n) is 7.89. The predicted octanol–water partition coefficient (Wildman–Crippen LogP) is 3.13. The number of likely N-dealkylation sites (N-methyl/N-ethyl adjacent to an activating group) is 1. The van der Waals surface area contributed by atoms with Gasteiger partial charge >= 0.3 is 0 Å². The van der Waals surface area contributed by atoms with E-state index in [4.69, 9.17) is 4.74 Å². The normalized spacial score (nSPS) is 19.9. The summed E-state index contributed by atoms with van der Waals surface area (Å²) in [4.78, 5) is 14.2. The van der Waals surface area contributed by atoms with Gasteiger partial charge in [-0.25, -0.2) is 0 Å². The maximum Gasteiger partial charge on any atom is 0.234 e. The maximum absolute atomic E-state index is 12.1. The molecule has 0 aliphatic carbocycles. The Labute approximate surface area is 141 Å². The minimum absolute atomic E-state index is 0.0138. The summed E-state index contributed by atoms with van der Waals surface area (Å²) in [7, 11) is 1.97. The lowest BCUT2D eigenvalue weighted by atomic mass is 10.1. The van der Waals surface area contributed by atoms with Crippen molar-refractivity contribution in [2.45, 2.75) is 38.3 Å². The summed E-state index contributed by atoms with van der Waals surface area (Å²) in [6.07, 6.45) is 3.76. The molecule has 0 saturated carbocycles. The second-order valence-corrected chi connectivity index (χ2v) is 6.94. The number of benzene rings is 1. The van der Waals surface area contributed by atoms with Crippen LogP contribution >= 0.6 is 15.9 Å². The van der Waals surface area contributed by atoms with Crippen LogP contribution in [0.3, 0.4) is 0 Å². The summed E-state index contributed by atoms with van der Waals surface area (Å²) >= 11 is 3.42. The Bertz CT molecular complexity index is 472. The SMILES string of the molecule is CC(NC(=O)CN(C)CC1CCCCO1)c1ccc(Br)cc1. The van der Waals surface area contributed by atoms with E-state index in [1.807, 2.05) is 43.1 Å². The third-order valence-electron chi connectivity index (χ3n) is 3.95. The van der Waals surface area contributed by atoms with Crippen molar-refractivity contribution in [3.8, 4) is 0 Å². The van der Waals surface area contributed by atoms with Gasteiger partial charge in [0.2, 0.25) is 5.91 Å². The van der Waals surface area contributed by atoms with Gasteiger partial charge in [-0.15, -0.1) is 0 Å². The molecule has 1 heterocycles. The van der Waals surface area contributed by atoms with Crippen LogP contribution in [0.15, 0.2) is 28.7 Å². The molecule has 4 nitrogen and oxygen atoms in total. The molecule has 122 valence electrons. The third kappa shape index (κ3) is 5.71. The Hall–Kier alpha value is -0.910. The standard InChI is InChI=1S/C17H25BrN2O2/c1-13(14-6-8-15(18)9-7-14)19-17(21)12-20(2)11-16-5-3-4-10-22-16/h6-9,13,16H,3-5,10-12H2,1-2H3,(H,19,21). The number of carbonyl (C=O) groups is 1. The van der Waals surface area contributed by atoms with E-state index in [9.17, 15) is 4.79 Å². The molecule has 0 spiro atoms. The first kappa shape index (κ1) is 17.4. The number of amides is 1. The molecule has 1 amide bonds. The third-order valence-corrected chi connectivity index (χ3v) is 4.48. The highest BCUT2D eigenvalue weighted by atomic mass is 79.9. The number of nitrogens with zero attached hydrogens (tertiary/aromatic N) is 1. The number of nitrogens with one attached hydrogen (secondary N) is 1. The van der Waals surface area contributed by atoms with Gasteiger partial charge < -0.3 is 10.1 Å². The molecule has 1 aliphatic rings. The van der Waals surface area contributed by atoms with E-state index < -0.39 is 0 Å². The zero-order valence-corrected chi connectivity index (χ0v) is 14.9. The summed E-state index contributed by atoms with van der Waals surface area (Å²) < 4.78 is 6.76. The van der Waals surface area contributed by atoms with Crippen LogP contribution < -0.4 is 5.32 Å².